The van der Waals surface area contributed by atoms with Crippen molar-refractivity contribution < 1.29 is 42.1 Å². The second kappa shape index (κ2) is 60.9. The van der Waals surface area contributed by atoms with Gasteiger partial charge < -0.3 is 27.9 Å². The number of carbonyl (C=O) groups excluding carboxylic acids is 2. The average Bonchev–Trinajstić information content (AvgIpc) is 3.45. The van der Waals surface area contributed by atoms with Gasteiger partial charge in [0.05, 0.1) is 27.7 Å². The Morgan fingerprint density at radius 2 is 0.671 bits per heavy atom. The normalized spacial score (nSPS) is 14.4. The van der Waals surface area contributed by atoms with Crippen LogP contribution >= 0.6 is 7.82 Å². The number of allylic oxidation sites excluding steroid dienone is 28. The zero-order valence-electron chi connectivity index (χ0n) is 52.4. The number of unbranched alkanes of at least 4 members (excludes halogenated alkanes) is 14. The molecule has 0 fully saturated rings. The maximum absolute atomic E-state index is 12.8. The molecule has 9 nitrogen and oxygen atoms in total. The fraction of sp³-hybridized carbons (Fsp3) is 0.583. The first kappa shape index (κ1) is 77.4. The van der Waals surface area contributed by atoms with Crippen molar-refractivity contribution in [1.82, 2.24) is 0 Å². The number of phosphoric acid groups is 1. The molecule has 0 aromatic heterocycles. The van der Waals surface area contributed by atoms with Crippen LogP contribution < -0.4 is 4.89 Å². The number of hydrogen-bond acceptors (Lipinski definition) is 8. The molecule has 0 saturated heterocycles. The van der Waals surface area contributed by atoms with E-state index in [4.69, 9.17) is 18.5 Å². The molecule has 0 radical (unpaired) electrons. The molecule has 0 aromatic carbocycles. The molecule has 462 valence electrons. The van der Waals surface area contributed by atoms with Gasteiger partial charge in [0, 0.05) is 12.8 Å². The summed E-state index contributed by atoms with van der Waals surface area (Å²) in [6.07, 6.45) is 92.8. The van der Waals surface area contributed by atoms with Gasteiger partial charge in [-0.15, -0.1) is 0 Å². The molecule has 82 heavy (non-hydrogen) atoms. The van der Waals surface area contributed by atoms with Gasteiger partial charge >= 0.3 is 11.9 Å². The molecule has 0 amide bonds. The Bertz CT molecular complexity index is 1990. The minimum Gasteiger partial charge on any atom is -0.756 e. The number of carbonyl (C=O) groups is 2. The Balaban J connectivity index is 4.26. The van der Waals surface area contributed by atoms with E-state index in [1.807, 2.05) is 27.2 Å². The third-order valence-corrected chi connectivity index (χ3v) is 13.7. The van der Waals surface area contributed by atoms with Crippen molar-refractivity contribution in [2.24, 2.45) is 0 Å². The Labute approximate surface area is 502 Å². The van der Waals surface area contributed by atoms with E-state index >= 15 is 0 Å². The van der Waals surface area contributed by atoms with E-state index in [9.17, 15) is 19.0 Å². The van der Waals surface area contributed by atoms with E-state index in [-0.39, 0.29) is 26.1 Å². The van der Waals surface area contributed by atoms with Gasteiger partial charge in [0.25, 0.3) is 7.82 Å². The van der Waals surface area contributed by atoms with Crippen molar-refractivity contribution in [1.29, 1.82) is 0 Å². The zero-order valence-corrected chi connectivity index (χ0v) is 53.3. The van der Waals surface area contributed by atoms with Gasteiger partial charge in [-0.1, -0.05) is 255 Å². The minimum atomic E-state index is -4.67. The summed E-state index contributed by atoms with van der Waals surface area (Å²) in [7, 11) is 1.10. The SMILES string of the molecule is CC/C=C\C/C=C\C/C=C\C/C=C\C/C=C\C/C=C\C/C=C\C/C=C\C/C=C\CCCC(=O)OC(COC(=O)CCCCCCCCCCCCCCC/C=C\C/C=C\C/C=C\C/C=C\C/C=C\CC)COP(=O)([O-])OCC[N+](C)(C)C. The van der Waals surface area contributed by atoms with Crippen molar-refractivity contribution in [3.63, 3.8) is 0 Å². The highest BCUT2D eigenvalue weighted by molar-refractivity contribution is 7.45. The van der Waals surface area contributed by atoms with Crippen LogP contribution in [-0.2, 0) is 32.7 Å². The number of rotatable bonds is 56. The van der Waals surface area contributed by atoms with Crippen molar-refractivity contribution in [2.45, 2.75) is 225 Å². The summed E-state index contributed by atoms with van der Waals surface area (Å²) in [5.41, 5.74) is 0. The number of ether oxygens (including phenoxy) is 2. The molecule has 0 aromatic rings. The van der Waals surface area contributed by atoms with Crippen molar-refractivity contribution in [3.05, 3.63) is 170 Å². The predicted molar refractivity (Wildman–Crippen MR) is 350 cm³/mol. The third-order valence-electron chi connectivity index (χ3n) is 12.7. The topological polar surface area (TPSA) is 111 Å². The fourth-order valence-corrected chi connectivity index (χ4v) is 8.65. The average molecular weight is 1150 g/mol. The molecular formula is C72H116NO8P. The lowest BCUT2D eigenvalue weighted by molar-refractivity contribution is -0.870. The number of phosphoric ester groups is 1. The quantitative estimate of drug-likeness (QED) is 0.0195. The lowest BCUT2D eigenvalue weighted by atomic mass is 10.0. The first-order chi connectivity index (χ1) is 40.0. The second-order valence-corrected chi connectivity index (χ2v) is 23.1. The Hall–Kier alpha value is -4.63. The van der Waals surface area contributed by atoms with Gasteiger partial charge in [-0.05, 0) is 122 Å². The molecule has 0 bridgehead atoms. The highest BCUT2D eigenvalue weighted by Gasteiger charge is 2.21. The van der Waals surface area contributed by atoms with Crippen LogP contribution in [-0.4, -0.2) is 70.0 Å². The van der Waals surface area contributed by atoms with Crippen LogP contribution in [0.3, 0.4) is 0 Å². The van der Waals surface area contributed by atoms with Gasteiger partial charge in [0.1, 0.15) is 19.8 Å². The van der Waals surface area contributed by atoms with Crippen LogP contribution in [0.25, 0.3) is 0 Å². The molecule has 10 heteroatoms. The largest absolute Gasteiger partial charge is 0.756 e. The highest BCUT2D eigenvalue weighted by atomic mass is 31.2. The molecular weight excluding hydrogens is 1040 g/mol. The smallest absolute Gasteiger partial charge is 0.306 e. The van der Waals surface area contributed by atoms with E-state index in [1.165, 1.54) is 64.2 Å². The number of esters is 2. The number of hydrogen-bond donors (Lipinski definition) is 0. The molecule has 0 saturated carbocycles. The molecule has 0 aliphatic carbocycles. The molecule has 0 heterocycles. The van der Waals surface area contributed by atoms with Crippen molar-refractivity contribution in [3.8, 4) is 0 Å². The third kappa shape index (κ3) is 64.5. The minimum absolute atomic E-state index is 0.0515. The Morgan fingerprint density at radius 1 is 0.378 bits per heavy atom. The second-order valence-electron chi connectivity index (χ2n) is 21.7. The lowest BCUT2D eigenvalue weighted by Crippen LogP contribution is -2.37. The molecule has 2 unspecified atom stereocenters. The van der Waals surface area contributed by atoms with E-state index in [0.717, 1.165) is 109 Å². The Kier molecular flexibility index (Phi) is 57.5. The van der Waals surface area contributed by atoms with Crippen molar-refractivity contribution in [2.75, 3.05) is 47.5 Å². The first-order valence-electron chi connectivity index (χ1n) is 31.8. The molecule has 0 aliphatic rings. The maximum atomic E-state index is 12.8. The summed E-state index contributed by atoms with van der Waals surface area (Å²) in [6, 6.07) is 0. The van der Waals surface area contributed by atoms with Crippen LogP contribution in [0.1, 0.15) is 219 Å². The summed E-state index contributed by atoms with van der Waals surface area (Å²) >= 11 is 0. The summed E-state index contributed by atoms with van der Waals surface area (Å²) in [5, 5.41) is 0. The molecule has 0 rings (SSSR count). The standard InChI is InChI=1S/C72H116NO8P/c1-6-8-10-12-14-16-18-20-22-24-26-28-30-32-34-36-38-40-42-44-46-48-50-52-54-56-58-60-62-64-71(74)78-68-70(69-80-82(76,77)79-67-66-73(3,4)5)81-72(75)65-63-61-59-57-55-53-51-49-47-45-43-41-39-37-35-33-31-29-27-25-23-21-19-17-15-13-11-9-7-2/h8-11,14-17,20-23,26-29,32-35,39,41,45,47,51,53,57,59,70H,6-7,12-13,18-19,24-25,30-31,36-38,40,42-44,46,48-50,52,54-56,58,60-69H2,1-5H3/b10-8-,11-9-,16-14-,17-15-,22-20-,23-21-,28-26-,29-27-,34-32-,35-33-,41-39-,47-45-,53-51-,59-57-. The van der Waals surface area contributed by atoms with Crippen LogP contribution in [0.4, 0.5) is 0 Å². The summed E-state index contributed by atoms with van der Waals surface area (Å²) in [4.78, 5) is 38.0. The van der Waals surface area contributed by atoms with Crippen LogP contribution in [0.15, 0.2) is 170 Å². The predicted octanol–water partition coefficient (Wildman–Crippen LogP) is 20.0. The lowest BCUT2D eigenvalue weighted by Gasteiger charge is -2.28. The molecule has 0 N–H and O–H groups in total. The number of nitrogens with zero attached hydrogens (tertiary/aromatic N) is 1. The first-order valence-corrected chi connectivity index (χ1v) is 33.3. The van der Waals surface area contributed by atoms with Crippen LogP contribution in [0, 0.1) is 0 Å². The van der Waals surface area contributed by atoms with Gasteiger partial charge in [-0.25, -0.2) is 0 Å². The molecule has 2 atom stereocenters. The number of likely N-dealkylation sites (N-methyl/N-ethyl adjacent to an activating group) is 1. The highest BCUT2D eigenvalue weighted by Crippen LogP contribution is 2.38. The van der Waals surface area contributed by atoms with E-state index in [0.29, 0.717) is 30.3 Å². The summed E-state index contributed by atoms with van der Waals surface area (Å²) < 4.78 is 34.1. The van der Waals surface area contributed by atoms with Gasteiger partial charge in [-0.3, -0.25) is 14.2 Å². The van der Waals surface area contributed by atoms with Gasteiger partial charge in [-0.2, -0.15) is 0 Å². The Morgan fingerprint density at radius 3 is 1.01 bits per heavy atom. The van der Waals surface area contributed by atoms with Crippen LogP contribution in [0.2, 0.25) is 0 Å². The summed E-state index contributed by atoms with van der Waals surface area (Å²) in [6.45, 7) is 3.92. The van der Waals surface area contributed by atoms with Crippen LogP contribution in [0.5, 0.6) is 0 Å². The monoisotopic (exact) mass is 1150 g/mol. The van der Waals surface area contributed by atoms with E-state index < -0.39 is 32.5 Å². The summed E-state index contributed by atoms with van der Waals surface area (Å²) in [5.74, 6) is -0.917. The molecule has 0 aliphatic heterocycles. The number of quaternary nitrogens is 1. The fourth-order valence-electron chi connectivity index (χ4n) is 7.92. The molecule has 0 spiro atoms. The van der Waals surface area contributed by atoms with E-state index in [1.54, 1.807) is 0 Å². The van der Waals surface area contributed by atoms with Gasteiger partial charge in [0.15, 0.2) is 6.10 Å². The zero-order chi connectivity index (χ0) is 59.8. The maximum Gasteiger partial charge on any atom is 0.306 e. The van der Waals surface area contributed by atoms with Gasteiger partial charge in [0.2, 0.25) is 0 Å². The van der Waals surface area contributed by atoms with E-state index in [2.05, 4.69) is 178 Å². The van der Waals surface area contributed by atoms with Crippen molar-refractivity contribution >= 4 is 19.8 Å².